The molecule has 72 valence electrons. The first-order chi connectivity index (χ1) is 5.31. The molecule has 1 unspecified atom stereocenters. The third-order valence-corrected chi connectivity index (χ3v) is 1.03. The average molecular weight is 164 g/mol. The maximum atomic E-state index is 7.00. The van der Waals surface area contributed by atoms with E-state index in [1.807, 2.05) is 20.8 Å². The second kappa shape index (κ2) is 22.5. The summed E-state index contributed by atoms with van der Waals surface area (Å²) < 4.78 is 5.19. The van der Waals surface area contributed by atoms with E-state index >= 15 is 0 Å². The molecule has 0 spiro atoms. The molecule has 0 fully saturated rings. The van der Waals surface area contributed by atoms with Gasteiger partial charge in [0.25, 0.3) is 0 Å². The van der Waals surface area contributed by atoms with Crippen molar-refractivity contribution in [2.75, 3.05) is 13.7 Å². The highest BCUT2D eigenvalue weighted by Crippen LogP contribution is 1.92. The summed E-state index contributed by atoms with van der Waals surface area (Å²) in [5.74, 6) is 0. The van der Waals surface area contributed by atoms with Crippen LogP contribution in [-0.2, 0) is 4.74 Å². The van der Waals surface area contributed by atoms with Crippen LogP contribution in [0.1, 0.15) is 41.0 Å². The molecule has 0 saturated heterocycles. The fraction of sp³-hybridized carbons (Fsp3) is 1.00. The van der Waals surface area contributed by atoms with Crippen molar-refractivity contribution in [3.63, 3.8) is 0 Å². The zero-order valence-corrected chi connectivity index (χ0v) is 8.85. The van der Waals surface area contributed by atoms with Gasteiger partial charge in [0.15, 0.2) is 0 Å². The second-order valence-corrected chi connectivity index (χ2v) is 1.67. The van der Waals surface area contributed by atoms with Crippen LogP contribution < -0.4 is 0 Å². The van der Waals surface area contributed by atoms with Gasteiger partial charge in [0.1, 0.15) is 0 Å². The number of hydrogen-bond donors (Lipinski definition) is 1. The van der Waals surface area contributed by atoms with Crippen LogP contribution in [0.15, 0.2) is 0 Å². The van der Waals surface area contributed by atoms with Gasteiger partial charge in [0, 0.05) is 13.7 Å². The highest BCUT2D eigenvalue weighted by atomic mass is 16.5. The normalized spacial score (nSPS) is 10.1. The molecule has 0 amide bonds. The summed E-state index contributed by atoms with van der Waals surface area (Å²) in [6.45, 7) is 11.1. The molecule has 0 radical (unpaired) electrons. The lowest BCUT2D eigenvalue weighted by molar-refractivity contribution is 0.0739. The molecule has 2 heteroatoms. The van der Waals surface area contributed by atoms with Crippen molar-refractivity contribution >= 4 is 0 Å². The fourth-order valence-corrected chi connectivity index (χ4v) is 0.402. The number of aliphatic hydroxyl groups excluding tert-OH is 1. The van der Waals surface area contributed by atoms with Gasteiger partial charge in [-0.15, -0.1) is 0 Å². The van der Waals surface area contributed by atoms with Gasteiger partial charge >= 0.3 is 0 Å². The quantitative estimate of drug-likeness (QED) is 0.694. The van der Waals surface area contributed by atoms with Crippen molar-refractivity contribution in [2.24, 2.45) is 0 Å². The third-order valence-electron chi connectivity index (χ3n) is 1.03. The molecular formula is C9H24O2. The molecule has 0 heterocycles. The molecule has 0 bridgehead atoms. The van der Waals surface area contributed by atoms with Crippen LogP contribution in [0, 0.1) is 0 Å². The van der Waals surface area contributed by atoms with E-state index in [4.69, 9.17) is 9.84 Å². The Morgan fingerprint density at radius 3 is 1.64 bits per heavy atom. The molecule has 0 aliphatic heterocycles. The summed E-state index contributed by atoms with van der Waals surface area (Å²) in [5.41, 5.74) is 0. The number of ether oxygens (including phenoxy) is 1. The Kier molecular flexibility index (Phi) is 35.1. The summed E-state index contributed by atoms with van der Waals surface area (Å²) in [6, 6.07) is 0. The zero-order valence-electron chi connectivity index (χ0n) is 8.85. The summed E-state index contributed by atoms with van der Waals surface area (Å²) in [4.78, 5) is 0. The highest BCUT2D eigenvalue weighted by Gasteiger charge is 1.91. The molecular weight excluding hydrogens is 140 g/mol. The Labute approximate surface area is 71.6 Å². The zero-order chi connectivity index (χ0) is 9.70. The van der Waals surface area contributed by atoms with Gasteiger partial charge in [0.2, 0.25) is 0 Å². The third kappa shape index (κ3) is 25.7. The van der Waals surface area contributed by atoms with Gasteiger partial charge in [-0.3, -0.25) is 0 Å². The molecule has 0 aromatic carbocycles. The van der Waals surface area contributed by atoms with Gasteiger partial charge in [-0.25, -0.2) is 0 Å². The van der Waals surface area contributed by atoms with Gasteiger partial charge in [-0.1, -0.05) is 20.8 Å². The molecule has 0 rings (SSSR count). The van der Waals surface area contributed by atoms with Crippen LogP contribution in [0.3, 0.4) is 0 Å². The minimum atomic E-state index is 0.449. The van der Waals surface area contributed by atoms with E-state index in [-0.39, 0.29) is 0 Å². The predicted octanol–water partition coefficient (Wildman–Crippen LogP) is 2.46. The molecule has 2 nitrogen and oxygen atoms in total. The van der Waals surface area contributed by atoms with Crippen LogP contribution in [0.5, 0.6) is 0 Å². The lowest BCUT2D eigenvalue weighted by atomic mass is 10.3. The van der Waals surface area contributed by atoms with Crippen LogP contribution in [0.25, 0.3) is 0 Å². The molecule has 0 aliphatic rings. The van der Waals surface area contributed by atoms with E-state index in [9.17, 15) is 0 Å². The van der Waals surface area contributed by atoms with Crippen LogP contribution in [0.4, 0.5) is 0 Å². The van der Waals surface area contributed by atoms with Crippen molar-refractivity contribution in [2.45, 2.75) is 47.1 Å². The Bertz CT molecular complexity index is 38.5. The molecule has 0 saturated carbocycles. The SMILES string of the molecule is CC.CCOC(C)CC.CO. The second-order valence-electron chi connectivity index (χ2n) is 1.67. The maximum absolute atomic E-state index is 7.00. The van der Waals surface area contributed by atoms with Gasteiger partial charge < -0.3 is 9.84 Å². The number of rotatable bonds is 3. The van der Waals surface area contributed by atoms with Crippen LogP contribution in [0.2, 0.25) is 0 Å². The Hall–Kier alpha value is -0.0800. The first-order valence-corrected chi connectivity index (χ1v) is 4.37. The standard InChI is InChI=1S/C6H14O.C2H6.CH4O/c1-4-6(3)7-5-2;2*1-2/h6H,4-5H2,1-3H3;1-2H3;2H,1H3. The van der Waals surface area contributed by atoms with Crippen molar-refractivity contribution in [3.8, 4) is 0 Å². The maximum Gasteiger partial charge on any atom is 0.0544 e. The predicted molar refractivity (Wildman–Crippen MR) is 50.9 cm³/mol. The van der Waals surface area contributed by atoms with E-state index < -0.39 is 0 Å². The van der Waals surface area contributed by atoms with E-state index in [0.29, 0.717) is 6.10 Å². The van der Waals surface area contributed by atoms with Crippen LogP contribution >= 0.6 is 0 Å². The van der Waals surface area contributed by atoms with Crippen LogP contribution in [-0.4, -0.2) is 24.9 Å². The van der Waals surface area contributed by atoms with Crippen molar-refractivity contribution in [3.05, 3.63) is 0 Å². The fourth-order valence-electron chi connectivity index (χ4n) is 0.402. The van der Waals surface area contributed by atoms with E-state index in [0.717, 1.165) is 20.1 Å². The number of hydrogen-bond acceptors (Lipinski definition) is 2. The van der Waals surface area contributed by atoms with E-state index in [1.165, 1.54) is 0 Å². The summed E-state index contributed by atoms with van der Waals surface area (Å²) in [5, 5.41) is 7.00. The van der Waals surface area contributed by atoms with Crippen molar-refractivity contribution in [1.82, 2.24) is 0 Å². The van der Waals surface area contributed by atoms with Crippen molar-refractivity contribution in [1.29, 1.82) is 0 Å². The van der Waals surface area contributed by atoms with Gasteiger partial charge in [-0.05, 0) is 20.3 Å². The molecule has 1 atom stereocenters. The number of aliphatic hydroxyl groups is 1. The van der Waals surface area contributed by atoms with E-state index in [1.54, 1.807) is 0 Å². The summed E-state index contributed by atoms with van der Waals surface area (Å²) in [6.07, 6.45) is 1.57. The first kappa shape index (κ1) is 17.1. The Balaban J connectivity index is -0.000000138. The largest absolute Gasteiger partial charge is 0.400 e. The minimum absolute atomic E-state index is 0.449. The average Bonchev–Trinajstić information content (AvgIpc) is 2.12. The topological polar surface area (TPSA) is 29.5 Å². The van der Waals surface area contributed by atoms with Gasteiger partial charge in [-0.2, -0.15) is 0 Å². The molecule has 0 aromatic heterocycles. The lowest BCUT2D eigenvalue weighted by Gasteiger charge is -2.05. The monoisotopic (exact) mass is 164 g/mol. The van der Waals surface area contributed by atoms with E-state index in [2.05, 4.69) is 13.8 Å². The smallest absolute Gasteiger partial charge is 0.0544 e. The summed E-state index contributed by atoms with van der Waals surface area (Å²) in [7, 11) is 1.00. The molecule has 0 aromatic rings. The molecule has 1 N–H and O–H groups in total. The first-order valence-electron chi connectivity index (χ1n) is 4.37. The highest BCUT2D eigenvalue weighted by molar-refractivity contribution is 4.40. The minimum Gasteiger partial charge on any atom is -0.400 e. The van der Waals surface area contributed by atoms with Crippen molar-refractivity contribution < 1.29 is 9.84 Å². The molecule has 0 aliphatic carbocycles. The molecule has 11 heavy (non-hydrogen) atoms. The Morgan fingerprint density at radius 2 is 1.55 bits per heavy atom. The lowest BCUT2D eigenvalue weighted by Crippen LogP contribution is -2.04. The summed E-state index contributed by atoms with van der Waals surface area (Å²) >= 11 is 0. The van der Waals surface area contributed by atoms with Gasteiger partial charge in [0.05, 0.1) is 6.10 Å². The Morgan fingerprint density at radius 1 is 1.18 bits per heavy atom.